The zero-order valence-corrected chi connectivity index (χ0v) is 11.3. The van der Waals surface area contributed by atoms with Gasteiger partial charge >= 0.3 is 5.97 Å². The van der Waals surface area contributed by atoms with E-state index >= 15 is 0 Å². The molecule has 1 amide bonds. The molecule has 0 fully saturated rings. The highest BCUT2D eigenvalue weighted by molar-refractivity contribution is 7.99. The molecule has 0 aromatic carbocycles. The summed E-state index contributed by atoms with van der Waals surface area (Å²) < 4.78 is 1.65. The highest BCUT2D eigenvalue weighted by atomic mass is 32.2. The summed E-state index contributed by atoms with van der Waals surface area (Å²) in [5.74, 6) is -0.297. The fraction of sp³-hybridized carbons (Fsp3) is 0.545. The third-order valence-electron chi connectivity index (χ3n) is 2.19. The first-order valence-electron chi connectivity index (χ1n) is 5.56. The van der Waals surface area contributed by atoms with Crippen LogP contribution >= 0.6 is 11.8 Å². The van der Waals surface area contributed by atoms with Crippen molar-refractivity contribution in [2.24, 2.45) is 0 Å². The minimum absolute atomic E-state index is 0.0628. The Morgan fingerprint density at radius 2 is 2.22 bits per heavy atom. The third-order valence-corrected chi connectivity index (χ3v) is 3.13. The number of carbonyl (C=O) groups excluding carboxylic acids is 1. The summed E-state index contributed by atoms with van der Waals surface area (Å²) in [5, 5.41) is 15.3. The molecule has 6 nitrogen and oxygen atoms in total. The molecule has 0 spiro atoms. The van der Waals surface area contributed by atoms with Gasteiger partial charge in [-0.1, -0.05) is 0 Å². The molecule has 1 heterocycles. The molecule has 0 radical (unpaired) electrons. The number of aryl methyl sites for hydroxylation is 2. The molecular weight excluding hydrogens is 254 g/mol. The van der Waals surface area contributed by atoms with E-state index < -0.39 is 5.97 Å². The van der Waals surface area contributed by atoms with E-state index in [0.29, 0.717) is 12.3 Å². The Bertz CT molecular complexity index is 431. The number of amides is 1. The number of carboxylic acids is 1. The van der Waals surface area contributed by atoms with Gasteiger partial charge in [-0.25, -0.2) is 0 Å². The lowest BCUT2D eigenvalue weighted by molar-refractivity contribution is -0.133. The van der Waals surface area contributed by atoms with Crippen LogP contribution in [-0.4, -0.2) is 44.8 Å². The minimum atomic E-state index is -0.839. The highest BCUT2D eigenvalue weighted by Gasteiger charge is 2.06. The fourth-order valence-electron chi connectivity index (χ4n) is 1.45. The smallest absolute Gasteiger partial charge is 0.313 e. The normalized spacial score (nSPS) is 10.3. The van der Waals surface area contributed by atoms with Crippen LogP contribution in [0.3, 0.4) is 0 Å². The number of nitrogens with one attached hydrogen (secondary N) is 1. The molecule has 0 aliphatic carbocycles. The topological polar surface area (TPSA) is 84.2 Å². The van der Waals surface area contributed by atoms with Crippen molar-refractivity contribution in [3.05, 3.63) is 17.5 Å². The van der Waals surface area contributed by atoms with Crippen LogP contribution in [0.4, 0.5) is 0 Å². The van der Waals surface area contributed by atoms with Crippen molar-refractivity contribution in [1.29, 1.82) is 0 Å². The fourth-order valence-corrected chi connectivity index (χ4v) is 2.01. The number of carbonyl (C=O) groups is 2. The van der Waals surface area contributed by atoms with Crippen LogP contribution < -0.4 is 5.32 Å². The second-order valence-corrected chi connectivity index (χ2v) is 4.99. The molecule has 0 aliphatic heterocycles. The number of aromatic nitrogens is 2. The van der Waals surface area contributed by atoms with E-state index in [4.69, 9.17) is 5.11 Å². The molecule has 0 aliphatic rings. The summed E-state index contributed by atoms with van der Waals surface area (Å²) >= 11 is 1.28. The van der Waals surface area contributed by atoms with Gasteiger partial charge in [0.1, 0.15) is 6.54 Å². The molecule has 7 heteroatoms. The van der Waals surface area contributed by atoms with Crippen LogP contribution in [-0.2, 0) is 16.1 Å². The van der Waals surface area contributed by atoms with Gasteiger partial charge in [0.25, 0.3) is 0 Å². The number of aliphatic carboxylic acids is 1. The Hall–Kier alpha value is -1.50. The van der Waals surface area contributed by atoms with Crippen LogP contribution in [0.2, 0.25) is 0 Å². The van der Waals surface area contributed by atoms with Crippen LogP contribution in [0.5, 0.6) is 0 Å². The molecule has 1 rings (SSSR count). The number of carboxylic acid groups (broad SMARTS) is 1. The van der Waals surface area contributed by atoms with Gasteiger partial charge in [0, 0.05) is 18.0 Å². The lowest BCUT2D eigenvalue weighted by atomic mass is 10.4. The van der Waals surface area contributed by atoms with Crippen molar-refractivity contribution in [3.63, 3.8) is 0 Å². The van der Waals surface area contributed by atoms with Crippen molar-refractivity contribution < 1.29 is 14.7 Å². The van der Waals surface area contributed by atoms with E-state index in [0.717, 1.165) is 11.4 Å². The maximum absolute atomic E-state index is 11.6. The van der Waals surface area contributed by atoms with E-state index in [1.54, 1.807) is 4.68 Å². The van der Waals surface area contributed by atoms with Gasteiger partial charge in [-0.2, -0.15) is 5.10 Å². The van der Waals surface area contributed by atoms with E-state index in [2.05, 4.69) is 10.4 Å². The zero-order chi connectivity index (χ0) is 13.5. The van der Waals surface area contributed by atoms with Crippen LogP contribution in [0.15, 0.2) is 6.07 Å². The van der Waals surface area contributed by atoms with Crippen molar-refractivity contribution in [2.75, 3.05) is 18.1 Å². The zero-order valence-electron chi connectivity index (χ0n) is 10.5. The summed E-state index contributed by atoms with van der Waals surface area (Å²) in [6, 6.07) is 1.91. The number of hydrogen-bond acceptors (Lipinski definition) is 4. The first-order chi connectivity index (χ1) is 8.49. The Morgan fingerprint density at radius 1 is 1.50 bits per heavy atom. The number of rotatable bonds is 7. The van der Waals surface area contributed by atoms with Crippen LogP contribution in [0.1, 0.15) is 11.4 Å². The first-order valence-corrected chi connectivity index (χ1v) is 6.72. The number of hydrogen-bond donors (Lipinski definition) is 2. The molecule has 0 bridgehead atoms. The predicted molar refractivity (Wildman–Crippen MR) is 69.7 cm³/mol. The second kappa shape index (κ2) is 7.05. The van der Waals surface area contributed by atoms with Crippen molar-refractivity contribution in [1.82, 2.24) is 15.1 Å². The molecule has 0 saturated heterocycles. The van der Waals surface area contributed by atoms with E-state index in [1.165, 1.54) is 11.8 Å². The van der Waals surface area contributed by atoms with Gasteiger partial charge in [0.05, 0.1) is 11.4 Å². The van der Waals surface area contributed by atoms with Crippen LogP contribution in [0, 0.1) is 13.8 Å². The van der Waals surface area contributed by atoms with Gasteiger partial charge in [0.2, 0.25) is 5.91 Å². The molecular formula is C11H17N3O3S. The second-order valence-electron chi connectivity index (χ2n) is 3.88. The molecule has 0 unspecified atom stereocenters. The van der Waals surface area contributed by atoms with Crippen LogP contribution in [0.25, 0.3) is 0 Å². The molecule has 1 aromatic rings. The van der Waals surface area contributed by atoms with E-state index in [9.17, 15) is 9.59 Å². The van der Waals surface area contributed by atoms with E-state index in [-0.39, 0.29) is 18.2 Å². The Labute approximate surface area is 110 Å². The molecule has 1 aromatic heterocycles. The summed E-state index contributed by atoms with van der Waals surface area (Å²) in [7, 11) is 0. The Balaban J connectivity index is 2.22. The average Bonchev–Trinajstić information content (AvgIpc) is 2.56. The summed E-state index contributed by atoms with van der Waals surface area (Å²) in [6.07, 6.45) is 0. The Morgan fingerprint density at radius 3 is 2.78 bits per heavy atom. The summed E-state index contributed by atoms with van der Waals surface area (Å²) in [4.78, 5) is 21.8. The molecule has 0 saturated carbocycles. The lowest BCUT2D eigenvalue weighted by Gasteiger charge is -2.06. The Kier molecular flexibility index (Phi) is 5.70. The molecule has 2 N–H and O–H groups in total. The quantitative estimate of drug-likeness (QED) is 0.703. The number of thioether (sulfide) groups is 1. The van der Waals surface area contributed by atoms with Gasteiger partial charge in [-0.3, -0.25) is 14.3 Å². The maximum atomic E-state index is 11.6. The minimum Gasteiger partial charge on any atom is -0.481 e. The maximum Gasteiger partial charge on any atom is 0.313 e. The van der Waals surface area contributed by atoms with Crippen molar-refractivity contribution in [2.45, 2.75) is 20.4 Å². The van der Waals surface area contributed by atoms with E-state index in [1.807, 2.05) is 19.9 Å². The largest absolute Gasteiger partial charge is 0.481 e. The van der Waals surface area contributed by atoms with Crippen molar-refractivity contribution in [3.8, 4) is 0 Å². The average molecular weight is 271 g/mol. The monoisotopic (exact) mass is 271 g/mol. The predicted octanol–water partition coefficient (Wildman–Crippen LogP) is 0.434. The third kappa shape index (κ3) is 5.22. The van der Waals surface area contributed by atoms with Gasteiger partial charge in [0.15, 0.2) is 0 Å². The standard InChI is InChI=1S/C11H17N3O3S/c1-8-5-9(2)14(13-8)6-10(15)12-3-4-18-7-11(16)17/h5H,3-4,6-7H2,1-2H3,(H,12,15)(H,16,17). The SMILES string of the molecule is Cc1cc(C)n(CC(=O)NCCSCC(=O)O)n1. The lowest BCUT2D eigenvalue weighted by Crippen LogP contribution is -2.30. The van der Waals surface area contributed by atoms with Gasteiger partial charge in [-0.15, -0.1) is 11.8 Å². The van der Waals surface area contributed by atoms with Gasteiger partial charge in [-0.05, 0) is 19.9 Å². The summed E-state index contributed by atoms with van der Waals surface area (Å²) in [5.41, 5.74) is 1.83. The first kappa shape index (κ1) is 14.6. The highest BCUT2D eigenvalue weighted by Crippen LogP contribution is 2.01. The van der Waals surface area contributed by atoms with Gasteiger partial charge < -0.3 is 10.4 Å². The van der Waals surface area contributed by atoms with Crippen molar-refractivity contribution >= 4 is 23.6 Å². The number of nitrogens with zero attached hydrogens (tertiary/aromatic N) is 2. The summed E-state index contributed by atoms with van der Waals surface area (Å²) in [6.45, 7) is 4.44. The molecule has 100 valence electrons. The molecule has 0 atom stereocenters. The molecule has 18 heavy (non-hydrogen) atoms.